The minimum absolute atomic E-state index is 0.104. The van der Waals surface area contributed by atoms with E-state index in [0.29, 0.717) is 25.7 Å². The highest BCUT2D eigenvalue weighted by molar-refractivity contribution is 7.47. The number of aliphatic hydroxyl groups excluding tert-OH is 1. The van der Waals surface area contributed by atoms with Crippen molar-refractivity contribution in [2.45, 2.75) is 369 Å². The first-order valence-corrected chi connectivity index (χ1v) is 39.3. The Hall–Kier alpha value is -1.94. The molecule has 0 aliphatic heterocycles. The van der Waals surface area contributed by atoms with Crippen LogP contribution in [0.4, 0.5) is 0 Å². The monoisotopic (exact) mass is 1310 g/mol. The number of phosphoric acid groups is 2. The van der Waals surface area contributed by atoms with Crippen LogP contribution in [0.2, 0.25) is 0 Å². The Balaban J connectivity index is 5.24. The zero-order valence-corrected chi connectivity index (χ0v) is 59.7. The number of hydrogen-bond acceptors (Lipinski definition) is 15. The van der Waals surface area contributed by atoms with Crippen molar-refractivity contribution in [1.82, 2.24) is 0 Å². The second-order valence-corrected chi connectivity index (χ2v) is 29.6. The molecule has 2 unspecified atom stereocenters. The lowest BCUT2D eigenvalue weighted by Crippen LogP contribution is -2.30. The van der Waals surface area contributed by atoms with E-state index >= 15 is 0 Å². The van der Waals surface area contributed by atoms with Crippen molar-refractivity contribution in [2.24, 2.45) is 17.8 Å². The van der Waals surface area contributed by atoms with Crippen LogP contribution in [0.5, 0.6) is 0 Å². The quantitative estimate of drug-likeness (QED) is 0.0222. The minimum atomic E-state index is -4.95. The minimum Gasteiger partial charge on any atom is -0.462 e. The number of hydrogen-bond donors (Lipinski definition) is 3. The van der Waals surface area contributed by atoms with Gasteiger partial charge in [0.05, 0.1) is 26.4 Å². The van der Waals surface area contributed by atoms with Gasteiger partial charge in [-0.3, -0.25) is 37.3 Å². The first-order valence-electron chi connectivity index (χ1n) is 36.3. The third kappa shape index (κ3) is 64.6. The third-order valence-corrected chi connectivity index (χ3v) is 18.0. The van der Waals surface area contributed by atoms with Gasteiger partial charge in [0.2, 0.25) is 0 Å². The van der Waals surface area contributed by atoms with Crippen LogP contribution in [-0.4, -0.2) is 96.7 Å². The fourth-order valence-corrected chi connectivity index (χ4v) is 12.1. The molecule has 0 aromatic heterocycles. The van der Waals surface area contributed by atoms with Crippen LogP contribution in [0.15, 0.2) is 0 Å². The summed E-state index contributed by atoms with van der Waals surface area (Å²) in [6.45, 7) is 11.8. The van der Waals surface area contributed by atoms with Gasteiger partial charge in [-0.1, -0.05) is 299 Å². The highest BCUT2D eigenvalue weighted by Crippen LogP contribution is 2.45. The Morgan fingerprint density at radius 3 is 0.764 bits per heavy atom. The molecule has 0 aromatic carbocycles. The van der Waals surface area contributed by atoms with E-state index in [1.807, 2.05) is 0 Å². The van der Waals surface area contributed by atoms with Gasteiger partial charge in [-0.15, -0.1) is 0 Å². The van der Waals surface area contributed by atoms with E-state index in [9.17, 15) is 43.2 Å². The molecule has 5 atom stereocenters. The molecular weight excluding hydrogens is 1170 g/mol. The first kappa shape index (κ1) is 87.1. The molecule has 3 N–H and O–H groups in total. The summed E-state index contributed by atoms with van der Waals surface area (Å²) in [5.41, 5.74) is 0. The SMILES string of the molecule is CCCCCCCCCCCCCC(=O)OC[C@H](COP(=O)(O)OC[C@H](O)COP(=O)(O)OC[C@@H](COC(=O)CCCCCCCCCCC(C)C)OC(=O)CCCCCCCCCCCCCCCC(C)C)OC(=O)CCCCCCCCCCC(C)C. The maximum Gasteiger partial charge on any atom is 0.472 e. The number of esters is 4. The van der Waals surface area contributed by atoms with E-state index in [4.69, 9.17) is 37.0 Å². The van der Waals surface area contributed by atoms with Gasteiger partial charge in [0, 0.05) is 25.7 Å². The largest absolute Gasteiger partial charge is 0.472 e. The number of ether oxygens (including phenoxy) is 4. The Bertz CT molecular complexity index is 1750. The fourth-order valence-electron chi connectivity index (χ4n) is 10.5. The molecule has 19 heteroatoms. The lowest BCUT2D eigenvalue weighted by Gasteiger charge is -2.21. The zero-order chi connectivity index (χ0) is 65.9. The summed E-state index contributed by atoms with van der Waals surface area (Å²) >= 11 is 0. The summed E-state index contributed by atoms with van der Waals surface area (Å²) < 4.78 is 68.3. The highest BCUT2D eigenvalue weighted by Gasteiger charge is 2.30. The standard InChI is InChI=1S/C70H136O17P2/c1-8-9-10-11-12-13-17-21-30-37-44-51-67(72)80-57-66(87-70(75)54-47-40-33-26-24-29-36-43-50-63(6)7)60-85-89(78,79)83-56-64(71)55-82-88(76,77)84-59-65(58-81-68(73)52-45-38-31-25-23-28-35-42-49-62(4)5)86-69(74)53-46-39-32-22-19-16-14-15-18-20-27-34-41-48-61(2)3/h61-66,71H,8-60H2,1-7H3,(H,76,77)(H,78,79)/t64-,65-,66-/m1/s1. The molecule has 0 saturated heterocycles. The van der Waals surface area contributed by atoms with Gasteiger partial charge in [-0.25, -0.2) is 9.13 Å². The third-order valence-electron chi connectivity index (χ3n) is 16.1. The summed E-state index contributed by atoms with van der Waals surface area (Å²) in [7, 11) is -9.90. The molecule has 0 aromatic rings. The molecule has 0 fully saturated rings. The zero-order valence-electron chi connectivity index (χ0n) is 57.9. The number of rotatable bonds is 68. The lowest BCUT2D eigenvalue weighted by atomic mass is 10.0. The maximum atomic E-state index is 13.0. The van der Waals surface area contributed by atoms with Crippen molar-refractivity contribution in [3.63, 3.8) is 0 Å². The van der Waals surface area contributed by atoms with Gasteiger partial charge in [-0.05, 0) is 43.4 Å². The molecular formula is C70H136O17P2. The second kappa shape index (κ2) is 61.0. The summed E-state index contributed by atoms with van der Waals surface area (Å²) in [6, 6.07) is 0. The van der Waals surface area contributed by atoms with Crippen molar-refractivity contribution in [2.75, 3.05) is 39.6 Å². The molecule has 0 rings (SSSR count). The van der Waals surface area contributed by atoms with Gasteiger partial charge in [0.25, 0.3) is 0 Å². The van der Waals surface area contributed by atoms with Gasteiger partial charge in [0.1, 0.15) is 19.3 Å². The van der Waals surface area contributed by atoms with E-state index in [-0.39, 0.29) is 25.7 Å². The van der Waals surface area contributed by atoms with E-state index in [1.54, 1.807) is 0 Å². The molecule has 528 valence electrons. The number of aliphatic hydroxyl groups is 1. The fraction of sp³-hybridized carbons (Fsp3) is 0.943. The van der Waals surface area contributed by atoms with Crippen LogP contribution < -0.4 is 0 Å². The van der Waals surface area contributed by atoms with Crippen LogP contribution in [0.1, 0.15) is 350 Å². The Morgan fingerprint density at radius 1 is 0.303 bits per heavy atom. The summed E-state index contributed by atoms with van der Waals surface area (Å²) in [6.07, 6.45) is 44.4. The normalized spacial score (nSPS) is 14.2. The first-order chi connectivity index (χ1) is 42.7. The van der Waals surface area contributed by atoms with Crippen molar-refractivity contribution < 1.29 is 80.2 Å². The lowest BCUT2D eigenvalue weighted by molar-refractivity contribution is -0.161. The molecule has 0 bridgehead atoms. The topological polar surface area (TPSA) is 237 Å². The number of unbranched alkanes of at least 4 members (excludes halogenated alkanes) is 36. The summed E-state index contributed by atoms with van der Waals surface area (Å²) in [4.78, 5) is 72.5. The Morgan fingerprint density at radius 2 is 0.517 bits per heavy atom. The van der Waals surface area contributed by atoms with Crippen molar-refractivity contribution in [3.8, 4) is 0 Å². The molecule has 17 nitrogen and oxygen atoms in total. The van der Waals surface area contributed by atoms with Crippen LogP contribution in [0.3, 0.4) is 0 Å². The van der Waals surface area contributed by atoms with Gasteiger partial charge < -0.3 is 33.8 Å². The molecule has 0 saturated carbocycles. The van der Waals surface area contributed by atoms with Crippen molar-refractivity contribution >= 4 is 39.5 Å². The summed E-state index contributed by atoms with van der Waals surface area (Å²) in [5, 5.41) is 10.6. The molecule has 89 heavy (non-hydrogen) atoms. The smallest absolute Gasteiger partial charge is 0.462 e. The van der Waals surface area contributed by atoms with Crippen molar-refractivity contribution in [1.29, 1.82) is 0 Å². The molecule has 0 radical (unpaired) electrons. The van der Waals surface area contributed by atoms with Gasteiger partial charge in [0.15, 0.2) is 12.2 Å². The van der Waals surface area contributed by atoms with E-state index in [1.165, 1.54) is 161 Å². The van der Waals surface area contributed by atoms with Crippen LogP contribution in [-0.2, 0) is 65.4 Å². The van der Waals surface area contributed by atoms with Crippen LogP contribution in [0, 0.1) is 17.8 Å². The number of carbonyl (C=O) groups is 4. The van der Waals surface area contributed by atoms with Crippen molar-refractivity contribution in [3.05, 3.63) is 0 Å². The Kier molecular flexibility index (Phi) is 59.6. The average Bonchev–Trinajstić information content (AvgIpc) is 3.51. The molecule has 0 heterocycles. The molecule has 0 amide bonds. The molecule has 0 aliphatic rings. The maximum absolute atomic E-state index is 13.0. The van der Waals surface area contributed by atoms with Crippen LogP contribution in [0.25, 0.3) is 0 Å². The Labute approximate surface area is 543 Å². The highest BCUT2D eigenvalue weighted by atomic mass is 31.2. The second-order valence-electron chi connectivity index (χ2n) is 26.7. The van der Waals surface area contributed by atoms with E-state index in [0.717, 1.165) is 108 Å². The molecule has 0 spiro atoms. The molecule has 0 aliphatic carbocycles. The van der Waals surface area contributed by atoms with E-state index in [2.05, 4.69) is 48.5 Å². The summed E-state index contributed by atoms with van der Waals surface area (Å²) in [5.74, 6) is 0.104. The average molecular weight is 1310 g/mol. The predicted octanol–water partition coefficient (Wildman–Crippen LogP) is 19.8. The van der Waals surface area contributed by atoms with Gasteiger partial charge >= 0.3 is 39.5 Å². The predicted molar refractivity (Wildman–Crippen MR) is 358 cm³/mol. The number of phosphoric ester groups is 2. The van der Waals surface area contributed by atoms with Crippen LogP contribution >= 0.6 is 15.6 Å². The van der Waals surface area contributed by atoms with E-state index < -0.39 is 97.5 Å². The van der Waals surface area contributed by atoms with Gasteiger partial charge in [-0.2, -0.15) is 0 Å². The number of carbonyl (C=O) groups excluding carboxylic acids is 4.